The van der Waals surface area contributed by atoms with Crippen molar-refractivity contribution in [1.29, 1.82) is 0 Å². The Bertz CT molecular complexity index is 1590. The van der Waals surface area contributed by atoms with Crippen LogP contribution in [0.15, 0.2) is 79.1 Å². The number of aliphatic hydroxyl groups is 1. The summed E-state index contributed by atoms with van der Waals surface area (Å²) >= 11 is 0. The van der Waals surface area contributed by atoms with Crippen LogP contribution in [0.5, 0.6) is 0 Å². The molecule has 12 nitrogen and oxygen atoms in total. The molecule has 51 heavy (non-hydrogen) atoms. The van der Waals surface area contributed by atoms with Crippen molar-refractivity contribution < 1.29 is 29.0 Å². The SMILES string of the molecule is CNC(=O)[C@@H](NC(=O)[C@@](O)(CCCN(Cc1ccc(-c2cccnc2)cc1)NC(=O)[C@@H](NC(=O)OC)C(C)(C)C)Cc1ccccc1)C(C)(C)C. The normalized spacial score (nSPS) is 14.1. The number of hydrazine groups is 1. The molecule has 3 atom stereocenters. The fourth-order valence-corrected chi connectivity index (χ4v) is 5.67. The highest BCUT2D eigenvalue weighted by Gasteiger charge is 2.41. The van der Waals surface area contributed by atoms with Gasteiger partial charge in [-0.05, 0) is 52.0 Å². The van der Waals surface area contributed by atoms with Gasteiger partial charge in [-0.2, -0.15) is 0 Å². The van der Waals surface area contributed by atoms with E-state index in [0.29, 0.717) is 6.54 Å². The smallest absolute Gasteiger partial charge is 0.407 e. The number of alkyl carbamates (subject to hydrolysis) is 1. The molecule has 0 unspecified atom stereocenters. The first-order valence-electron chi connectivity index (χ1n) is 17.1. The molecule has 0 aliphatic carbocycles. The van der Waals surface area contributed by atoms with E-state index in [2.05, 4.69) is 26.4 Å². The summed E-state index contributed by atoms with van der Waals surface area (Å²) in [5, 5.41) is 21.8. The summed E-state index contributed by atoms with van der Waals surface area (Å²) < 4.78 is 4.78. The average Bonchev–Trinajstić information content (AvgIpc) is 3.08. The second-order valence-corrected chi connectivity index (χ2v) is 15.0. The highest BCUT2D eigenvalue weighted by atomic mass is 16.5. The van der Waals surface area contributed by atoms with Gasteiger partial charge in [-0.3, -0.25) is 24.8 Å². The maximum Gasteiger partial charge on any atom is 0.407 e. The molecule has 5 N–H and O–H groups in total. The van der Waals surface area contributed by atoms with Crippen LogP contribution in [-0.4, -0.2) is 77.3 Å². The Kier molecular flexibility index (Phi) is 14.3. The molecule has 1 aromatic heterocycles. The number of rotatable bonds is 15. The Morgan fingerprint density at radius 1 is 0.804 bits per heavy atom. The second-order valence-electron chi connectivity index (χ2n) is 15.0. The van der Waals surface area contributed by atoms with Crippen molar-refractivity contribution in [2.45, 2.75) is 85.0 Å². The molecule has 12 heteroatoms. The summed E-state index contributed by atoms with van der Waals surface area (Å²) in [4.78, 5) is 56.8. The molecule has 0 saturated carbocycles. The number of hydrogen-bond acceptors (Lipinski definition) is 8. The van der Waals surface area contributed by atoms with Crippen LogP contribution in [0, 0.1) is 10.8 Å². The number of amides is 4. The zero-order valence-corrected chi connectivity index (χ0v) is 31.1. The van der Waals surface area contributed by atoms with E-state index in [0.717, 1.165) is 22.3 Å². The fraction of sp³-hybridized carbons (Fsp3) is 0.462. The van der Waals surface area contributed by atoms with Crippen molar-refractivity contribution in [2.24, 2.45) is 10.8 Å². The molecule has 2 aromatic carbocycles. The number of benzene rings is 2. The standard InChI is InChI=1S/C39H54N6O6/c1-37(2,3)31(33(46)40-7)42-35(48)39(50,24-27-14-10-9-11-15-27)21-13-23-45(44-34(47)32(38(4,5)6)43-36(49)51-8)26-28-17-19-29(20-18-28)30-16-12-22-41-25-30/h9-12,14-20,22,25,31-32,50H,13,21,23-24,26H2,1-8H3,(H,40,46)(H,42,48)(H,43,49)(H,44,47)/t31-,32-,39-/m1/s1. The zero-order valence-electron chi connectivity index (χ0n) is 31.1. The van der Waals surface area contributed by atoms with Gasteiger partial charge in [0.15, 0.2) is 0 Å². The lowest BCUT2D eigenvalue weighted by Crippen LogP contribution is -2.59. The number of carbonyl (C=O) groups excluding carboxylic acids is 4. The van der Waals surface area contributed by atoms with Crippen molar-refractivity contribution >= 4 is 23.8 Å². The minimum atomic E-state index is -1.87. The first kappa shape index (κ1) is 40.6. The molecule has 0 radical (unpaired) electrons. The molecule has 3 rings (SSSR count). The largest absolute Gasteiger partial charge is 0.453 e. The number of hydrogen-bond donors (Lipinski definition) is 5. The number of likely N-dealkylation sites (N-methyl/N-ethyl adjacent to an activating group) is 1. The van der Waals surface area contributed by atoms with Gasteiger partial charge in [-0.15, -0.1) is 0 Å². The maximum atomic E-state index is 13.9. The Balaban J connectivity index is 1.89. The van der Waals surface area contributed by atoms with Gasteiger partial charge < -0.3 is 25.8 Å². The van der Waals surface area contributed by atoms with E-state index in [1.165, 1.54) is 14.2 Å². The van der Waals surface area contributed by atoms with Gasteiger partial charge in [0, 0.05) is 39.0 Å². The predicted octanol–water partition coefficient (Wildman–Crippen LogP) is 4.38. The average molecular weight is 703 g/mol. The lowest BCUT2D eigenvalue weighted by molar-refractivity contribution is -0.145. The van der Waals surface area contributed by atoms with Crippen LogP contribution in [0.1, 0.15) is 65.5 Å². The number of nitrogens with zero attached hydrogens (tertiary/aromatic N) is 2. The molecule has 0 bridgehead atoms. The molecular weight excluding hydrogens is 648 g/mol. The summed E-state index contributed by atoms with van der Waals surface area (Å²) in [6.07, 6.45) is 3.09. The molecule has 0 saturated heterocycles. The number of carbonyl (C=O) groups is 4. The number of ether oxygens (including phenoxy) is 1. The van der Waals surface area contributed by atoms with Crippen molar-refractivity contribution in [3.05, 3.63) is 90.3 Å². The van der Waals surface area contributed by atoms with Crippen LogP contribution in [0.2, 0.25) is 0 Å². The van der Waals surface area contributed by atoms with Gasteiger partial charge in [0.1, 0.15) is 17.7 Å². The fourth-order valence-electron chi connectivity index (χ4n) is 5.67. The van der Waals surface area contributed by atoms with E-state index in [-0.39, 0.29) is 31.7 Å². The number of nitrogens with one attached hydrogen (secondary N) is 4. The van der Waals surface area contributed by atoms with Gasteiger partial charge in [0.05, 0.1) is 7.11 Å². The summed E-state index contributed by atoms with van der Waals surface area (Å²) in [6, 6.07) is 19.1. The van der Waals surface area contributed by atoms with Crippen LogP contribution in [0.25, 0.3) is 11.1 Å². The second kappa shape index (κ2) is 17.9. The molecule has 0 aliphatic heterocycles. The van der Waals surface area contributed by atoms with E-state index >= 15 is 0 Å². The number of pyridine rings is 1. The van der Waals surface area contributed by atoms with Crippen LogP contribution < -0.4 is 21.4 Å². The van der Waals surface area contributed by atoms with Crippen LogP contribution in [0.4, 0.5) is 4.79 Å². The van der Waals surface area contributed by atoms with Crippen molar-refractivity contribution in [1.82, 2.24) is 31.4 Å². The van der Waals surface area contributed by atoms with Gasteiger partial charge in [0.25, 0.3) is 11.8 Å². The van der Waals surface area contributed by atoms with Crippen molar-refractivity contribution in [3.8, 4) is 11.1 Å². The summed E-state index contributed by atoms with van der Waals surface area (Å²) in [7, 11) is 2.74. The third kappa shape index (κ3) is 12.2. The lowest BCUT2D eigenvalue weighted by atomic mass is 9.84. The van der Waals surface area contributed by atoms with Gasteiger partial charge in [-0.25, -0.2) is 9.80 Å². The van der Waals surface area contributed by atoms with Crippen molar-refractivity contribution in [2.75, 3.05) is 20.7 Å². The lowest BCUT2D eigenvalue weighted by Gasteiger charge is -2.35. The first-order chi connectivity index (χ1) is 24.0. The Morgan fingerprint density at radius 3 is 1.98 bits per heavy atom. The molecule has 1 heterocycles. The first-order valence-corrected chi connectivity index (χ1v) is 17.1. The van der Waals surface area contributed by atoms with Crippen molar-refractivity contribution in [3.63, 3.8) is 0 Å². The molecule has 276 valence electrons. The van der Waals surface area contributed by atoms with E-state index in [4.69, 9.17) is 4.74 Å². The van der Waals surface area contributed by atoms with E-state index in [1.807, 2.05) is 108 Å². The molecule has 0 aliphatic rings. The minimum Gasteiger partial charge on any atom is -0.453 e. The summed E-state index contributed by atoms with van der Waals surface area (Å²) in [5.74, 6) is -1.47. The third-order valence-electron chi connectivity index (χ3n) is 8.60. The Hall–Kier alpha value is -4.81. The third-order valence-corrected chi connectivity index (χ3v) is 8.60. The van der Waals surface area contributed by atoms with E-state index < -0.39 is 46.4 Å². The highest BCUT2D eigenvalue weighted by Crippen LogP contribution is 2.26. The molecule has 0 spiro atoms. The van der Waals surface area contributed by atoms with Gasteiger partial charge >= 0.3 is 6.09 Å². The quantitative estimate of drug-likeness (QED) is 0.146. The molecule has 4 amide bonds. The zero-order chi connectivity index (χ0) is 37.8. The molecular formula is C39H54N6O6. The number of methoxy groups -OCH3 is 1. The molecule has 3 aromatic rings. The van der Waals surface area contributed by atoms with Crippen LogP contribution in [-0.2, 0) is 32.1 Å². The van der Waals surface area contributed by atoms with Crippen LogP contribution >= 0.6 is 0 Å². The van der Waals surface area contributed by atoms with Gasteiger partial charge in [-0.1, -0.05) is 102 Å². The Labute approximate surface area is 301 Å². The highest BCUT2D eigenvalue weighted by molar-refractivity contribution is 5.92. The summed E-state index contributed by atoms with van der Waals surface area (Å²) in [6.45, 7) is 11.6. The number of aromatic nitrogens is 1. The van der Waals surface area contributed by atoms with Gasteiger partial charge in [0.2, 0.25) is 5.91 Å². The van der Waals surface area contributed by atoms with Crippen LogP contribution in [0.3, 0.4) is 0 Å². The Morgan fingerprint density at radius 2 is 1.43 bits per heavy atom. The topological polar surface area (TPSA) is 162 Å². The molecule has 0 fully saturated rings. The minimum absolute atomic E-state index is 0.0155. The summed E-state index contributed by atoms with van der Waals surface area (Å²) in [5.41, 5.74) is 3.41. The van der Waals surface area contributed by atoms with E-state index in [9.17, 15) is 24.3 Å². The maximum absolute atomic E-state index is 13.9. The van der Waals surface area contributed by atoms with E-state index in [1.54, 1.807) is 17.4 Å². The monoisotopic (exact) mass is 702 g/mol. The predicted molar refractivity (Wildman–Crippen MR) is 197 cm³/mol.